The van der Waals surface area contributed by atoms with Crippen molar-refractivity contribution >= 4 is 23.1 Å². The Kier molecular flexibility index (Phi) is 4.93. The molecule has 4 aromatic rings. The fraction of sp³-hybridized carbons (Fsp3) is 0.100. The molecule has 0 spiro atoms. The average Bonchev–Trinajstić information content (AvgIpc) is 3.20. The third-order valence-corrected chi connectivity index (χ3v) is 4.25. The van der Waals surface area contributed by atoms with E-state index in [-0.39, 0.29) is 5.75 Å². The van der Waals surface area contributed by atoms with Gasteiger partial charge in [0.2, 0.25) is 0 Å². The monoisotopic (exact) mass is 390 g/mol. The Bertz CT molecular complexity index is 1190. The zero-order chi connectivity index (χ0) is 20.2. The van der Waals surface area contributed by atoms with Crippen LogP contribution in [0.1, 0.15) is 5.56 Å². The number of rotatable bonds is 6. The Hall–Kier alpha value is -4.14. The van der Waals surface area contributed by atoms with E-state index in [0.717, 1.165) is 22.4 Å². The van der Waals surface area contributed by atoms with Crippen molar-refractivity contribution in [2.75, 3.05) is 19.6 Å². The summed E-state index contributed by atoms with van der Waals surface area (Å²) in [5, 5.41) is 19.0. The molecule has 146 valence electrons. The first-order valence-corrected chi connectivity index (χ1v) is 8.69. The lowest BCUT2D eigenvalue weighted by Gasteiger charge is -2.06. The molecule has 4 rings (SSSR count). The molecule has 2 aromatic heterocycles. The minimum absolute atomic E-state index is 0.0695. The number of ether oxygens (including phenoxy) is 2. The third-order valence-electron chi connectivity index (χ3n) is 4.25. The zero-order valence-corrected chi connectivity index (χ0v) is 15.8. The molecular weight excluding hydrogens is 372 g/mol. The van der Waals surface area contributed by atoms with Gasteiger partial charge in [0.1, 0.15) is 12.1 Å². The summed E-state index contributed by atoms with van der Waals surface area (Å²) in [6.45, 7) is 0. The summed E-state index contributed by atoms with van der Waals surface area (Å²) in [5.74, 6) is 1.69. The molecule has 0 amide bonds. The number of anilines is 1. The van der Waals surface area contributed by atoms with Gasteiger partial charge in [-0.05, 0) is 35.9 Å². The van der Waals surface area contributed by atoms with Crippen molar-refractivity contribution in [2.45, 2.75) is 0 Å². The number of aromatic nitrogens is 4. The van der Waals surface area contributed by atoms with Crippen molar-refractivity contribution in [1.82, 2.24) is 19.7 Å². The lowest BCUT2D eigenvalue weighted by Crippen LogP contribution is -2.00. The van der Waals surface area contributed by atoms with Crippen LogP contribution in [0.15, 0.2) is 60.1 Å². The molecule has 0 bridgehead atoms. The first-order chi connectivity index (χ1) is 14.2. The second-order valence-corrected chi connectivity index (χ2v) is 6.02. The Morgan fingerprint density at radius 1 is 1.10 bits per heavy atom. The molecule has 0 aliphatic rings. The Labute approximate surface area is 166 Å². The molecule has 0 saturated carbocycles. The number of fused-ring (bicyclic) bond motifs is 1. The fourth-order valence-electron chi connectivity index (χ4n) is 2.81. The highest BCUT2D eigenvalue weighted by Crippen LogP contribution is 2.26. The summed E-state index contributed by atoms with van der Waals surface area (Å²) < 4.78 is 12.1. The van der Waals surface area contributed by atoms with Crippen LogP contribution in [0.3, 0.4) is 0 Å². The van der Waals surface area contributed by atoms with Gasteiger partial charge < -0.3 is 14.6 Å². The van der Waals surface area contributed by atoms with Crippen LogP contribution in [0.4, 0.5) is 5.82 Å². The molecule has 2 aromatic carbocycles. The molecule has 9 nitrogen and oxygen atoms in total. The standard InChI is InChI=1S/C20H18N6O3/c1-28-15-5-3-4-14(9-15)26-20-16(11-24-26)19(21-12-22-20)25-23-10-13-6-7-17(27)18(8-13)29-2/h3-12,27H,1-2H3,(H,21,22,25). The van der Waals surface area contributed by atoms with Crippen LogP contribution >= 0.6 is 0 Å². The van der Waals surface area contributed by atoms with Gasteiger partial charge in [-0.1, -0.05) is 6.07 Å². The van der Waals surface area contributed by atoms with E-state index < -0.39 is 0 Å². The largest absolute Gasteiger partial charge is 0.504 e. The van der Waals surface area contributed by atoms with Gasteiger partial charge in [-0.3, -0.25) is 5.43 Å². The van der Waals surface area contributed by atoms with Gasteiger partial charge in [-0.2, -0.15) is 10.2 Å². The fourth-order valence-corrected chi connectivity index (χ4v) is 2.81. The highest BCUT2D eigenvalue weighted by Gasteiger charge is 2.11. The SMILES string of the molecule is COc1cccc(-n2ncc3c(NN=Cc4ccc(O)c(OC)c4)ncnc32)c1. The van der Waals surface area contributed by atoms with Crippen molar-refractivity contribution in [3.05, 3.63) is 60.6 Å². The molecule has 0 aliphatic heterocycles. The van der Waals surface area contributed by atoms with Crippen LogP contribution in [0.25, 0.3) is 16.7 Å². The number of methoxy groups -OCH3 is 2. The number of phenols is 1. The predicted molar refractivity (Wildman–Crippen MR) is 109 cm³/mol. The average molecular weight is 390 g/mol. The summed E-state index contributed by atoms with van der Waals surface area (Å²) in [5.41, 5.74) is 5.13. The number of hydrazone groups is 1. The molecule has 0 unspecified atom stereocenters. The first-order valence-electron chi connectivity index (χ1n) is 8.69. The van der Waals surface area contributed by atoms with E-state index in [9.17, 15) is 5.11 Å². The minimum Gasteiger partial charge on any atom is -0.504 e. The van der Waals surface area contributed by atoms with Gasteiger partial charge in [0.25, 0.3) is 0 Å². The van der Waals surface area contributed by atoms with Gasteiger partial charge in [-0.15, -0.1) is 0 Å². The van der Waals surface area contributed by atoms with Crippen molar-refractivity contribution in [1.29, 1.82) is 0 Å². The molecule has 0 atom stereocenters. The van der Waals surface area contributed by atoms with E-state index in [2.05, 4.69) is 25.6 Å². The lowest BCUT2D eigenvalue weighted by atomic mass is 10.2. The van der Waals surface area contributed by atoms with Crippen LogP contribution in [0.2, 0.25) is 0 Å². The van der Waals surface area contributed by atoms with Crippen LogP contribution in [0.5, 0.6) is 17.2 Å². The van der Waals surface area contributed by atoms with Gasteiger partial charge in [0.05, 0.1) is 37.7 Å². The molecule has 29 heavy (non-hydrogen) atoms. The number of hydrogen-bond donors (Lipinski definition) is 2. The summed E-state index contributed by atoms with van der Waals surface area (Å²) in [6.07, 6.45) is 4.72. The van der Waals surface area contributed by atoms with E-state index in [1.54, 1.807) is 42.4 Å². The minimum atomic E-state index is 0.0695. The second-order valence-electron chi connectivity index (χ2n) is 6.02. The molecule has 2 N–H and O–H groups in total. The predicted octanol–water partition coefficient (Wildman–Crippen LogP) is 2.98. The smallest absolute Gasteiger partial charge is 0.168 e. The summed E-state index contributed by atoms with van der Waals surface area (Å²) in [7, 11) is 3.11. The molecule has 9 heteroatoms. The number of benzene rings is 2. The number of hydrogen-bond acceptors (Lipinski definition) is 8. The normalized spacial score (nSPS) is 11.1. The zero-order valence-electron chi connectivity index (χ0n) is 15.8. The summed E-state index contributed by atoms with van der Waals surface area (Å²) >= 11 is 0. The van der Waals surface area contributed by atoms with Crippen LogP contribution in [-0.4, -0.2) is 45.3 Å². The Morgan fingerprint density at radius 3 is 2.83 bits per heavy atom. The Morgan fingerprint density at radius 2 is 2.00 bits per heavy atom. The number of aromatic hydroxyl groups is 1. The van der Waals surface area contributed by atoms with Crippen LogP contribution in [-0.2, 0) is 0 Å². The number of phenolic OH excluding ortho intramolecular Hbond substituents is 1. The summed E-state index contributed by atoms with van der Waals surface area (Å²) in [4.78, 5) is 8.59. The molecule has 0 saturated heterocycles. The molecular formula is C20H18N6O3. The van der Waals surface area contributed by atoms with Crippen molar-refractivity contribution in [3.8, 4) is 22.9 Å². The van der Waals surface area contributed by atoms with E-state index in [1.807, 2.05) is 24.3 Å². The maximum atomic E-state index is 9.67. The van der Waals surface area contributed by atoms with Crippen molar-refractivity contribution in [2.24, 2.45) is 5.10 Å². The number of nitrogens with zero attached hydrogens (tertiary/aromatic N) is 5. The van der Waals surface area contributed by atoms with Gasteiger partial charge in [-0.25, -0.2) is 14.6 Å². The Balaban J connectivity index is 1.61. The van der Waals surface area contributed by atoms with E-state index >= 15 is 0 Å². The van der Waals surface area contributed by atoms with E-state index in [1.165, 1.54) is 13.4 Å². The van der Waals surface area contributed by atoms with Gasteiger partial charge in [0.15, 0.2) is 23.0 Å². The van der Waals surface area contributed by atoms with Crippen molar-refractivity contribution in [3.63, 3.8) is 0 Å². The van der Waals surface area contributed by atoms with Gasteiger partial charge >= 0.3 is 0 Å². The highest BCUT2D eigenvalue weighted by molar-refractivity contribution is 5.88. The first kappa shape index (κ1) is 18.2. The summed E-state index contributed by atoms with van der Waals surface area (Å²) in [6, 6.07) is 12.5. The molecule has 0 aliphatic carbocycles. The maximum Gasteiger partial charge on any atom is 0.168 e. The highest BCUT2D eigenvalue weighted by atomic mass is 16.5. The van der Waals surface area contributed by atoms with Crippen molar-refractivity contribution < 1.29 is 14.6 Å². The van der Waals surface area contributed by atoms with E-state index in [4.69, 9.17) is 9.47 Å². The number of nitrogens with one attached hydrogen (secondary N) is 1. The molecule has 0 radical (unpaired) electrons. The molecule has 0 fully saturated rings. The van der Waals surface area contributed by atoms with Crippen LogP contribution < -0.4 is 14.9 Å². The third kappa shape index (κ3) is 3.65. The maximum absolute atomic E-state index is 9.67. The quantitative estimate of drug-likeness (QED) is 0.385. The second kappa shape index (κ2) is 7.85. The van der Waals surface area contributed by atoms with E-state index in [0.29, 0.717) is 17.2 Å². The van der Waals surface area contributed by atoms with Gasteiger partial charge in [0, 0.05) is 6.07 Å². The van der Waals surface area contributed by atoms with Crippen LogP contribution in [0, 0.1) is 0 Å². The molecule has 2 heterocycles. The topological polar surface area (TPSA) is 107 Å². The lowest BCUT2D eigenvalue weighted by molar-refractivity contribution is 0.373.